The number of phosphoric acid groups is 1. The standard InChI is InChI=1S/C61H118NO8P/c1-6-8-10-12-14-16-18-20-22-24-26-28-29-30-31-32-34-35-37-39-41-43-45-47-49-51-53-60(63)67-57-59(58-69-71(65,66)68-56-55-62(3,4)5)70-61(64)54-52-50-48-46-44-42-40-38-36-33-27-25-23-21-19-17-15-13-11-9-7-2/h19,21,25,27,59H,6-18,20,22-24,26,28-58H2,1-5H3/b21-19-,27-25-. The molecule has 0 spiro atoms. The van der Waals surface area contributed by atoms with Gasteiger partial charge in [0.1, 0.15) is 19.8 Å². The van der Waals surface area contributed by atoms with E-state index >= 15 is 0 Å². The van der Waals surface area contributed by atoms with Gasteiger partial charge in [-0.2, -0.15) is 0 Å². The molecule has 0 saturated carbocycles. The van der Waals surface area contributed by atoms with E-state index in [0.29, 0.717) is 17.4 Å². The molecule has 2 atom stereocenters. The molecule has 0 saturated heterocycles. The topological polar surface area (TPSA) is 111 Å². The second-order valence-corrected chi connectivity index (χ2v) is 23.5. The number of nitrogens with zero attached hydrogens (tertiary/aromatic N) is 1. The van der Waals surface area contributed by atoms with Gasteiger partial charge in [0.15, 0.2) is 6.10 Å². The maximum atomic E-state index is 12.8. The molecule has 0 aromatic carbocycles. The SMILES string of the molecule is CCCCCCC/C=C\C/C=C\CCCCCCCCCCCC(=O)OC(COC(=O)CCCCCCCCCCCCCCCCCCCCCCCCCCCC)COP(=O)([O-])OCC[N+](C)(C)C. The minimum Gasteiger partial charge on any atom is -0.756 e. The third kappa shape index (κ3) is 57.6. The Bertz CT molecular complexity index is 1250. The molecule has 0 bridgehead atoms. The van der Waals surface area contributed by atoms with E-state index in [4.69, 9.17) is 18.5 Å². The number of allylic oxidation sites excluding steroid dienone is 4. The molecule has 0 aliphatic rings. The zero-order valence-corrected chi connectivity index (χ0v) is 48.6. The number of esters is 2. The Labute approximate surface area is 440 Å². The number of carbonyl (C=O) groups excluding carboxylic acids is 2. The molecule has 0 N–H and O–H groups in total. The lowest BCUT2D eigenvalue weighted by Gasteiger charge is -2.28. The molecule has 420 valence electrons. The largest absolute Gasteiger partial charge is 0.756 e. The maximum Gasteiger partial charge on any atom is 0.306 e. The first-order chi connectivity index (χ1) is 34.5. The fourth-order valence-electron chi connectivity index (χ4n) is 8.98. The average molecular weight is 1020 g/mol. The van der Waals surface area contributed by atoms with Gasteiger partial charge < -0.3 is 27.9 Å². The van der Waals surface area contributed by atoms with Crippen molar-refractivity contribution < 1.29 is 42.1 Å². The van der Waals surface area contributed by atoms with Crippen molar-refractivity contribution in [3.8, 4) is 0 Å². The normalized spacial score (nSPS) is 13.4. The molecule has 0 radical (unpaired) electrons. The second kappa shape index (κ2) is 53.3. The third-order valence-electron chi connectivity index (χ3n) is 13.7. The summed E-state index contributed by atoms with van der Waals surface area (Å²) >= 11 is 0. The summed E-state index contributed by atoms with van der Waals surface area (Å²) in [6.45, 7) is 4.28. The predicted octanol–water partition coefficient (Wildman–Crippen LogP) is 18.4. The van der Waals surface area contributed by atoms with Crippen LogP contribution in [0.5, 0.6) is 0 Å². The van der Waals surface area contributed by atoms with E-state index in [0.717, 1.165) is 51.4 Å². The summed E-state index contributed by atoms with van der Waals surface area (Å²) in [5, 5.41) is 0. The van der Waals surface area contributed by atoms with Crippen molar-refractivity contribution in [2.75, 3.05) is 47.5 Å². The average Bonchev–Trinajstić information content (AvgIpc) is 3.33. The fraction of sp³-hybridized carbons (Fsp3) is 0.902. The first-order valence-electron chi connectivity index (χ1n) is 30.5. The van der Waals surface area contributed by atoms with Crippen LogP contribution in [0.2, 0.25) is 0 Å². The minimum atomic E-state index is -4.63. The van der Waals surface area contributed by atoms with Crippen LogP contribution in [0.1, 0.15) is 303 Å². The highest BCUT2D eigenvalue weighted by Gasteiger charge is 2.22. The van der Waals surface area contributed by atoms with Crippen LogP contribution in [0, 0.1) is 0 Å². The fourth-order valence-corrected chi connectivity index (χ4v) is 9.71. The number of phosphoric ester groups is 1. The van der Waals surface area contributed by atoms with E-state index in [9.17, 15) is 19.0 Å². The smallest absolute Gasteiger partial charge is 0.306 e. The Morgan fingerprint density at radius 2 is 0.761 bits per heavy atom. The Kier molecular flexibility index (Phi) is 52.2. The minimum absolute atomic E-state index is 0.0292. The molecule has 0 aliphatic carbocycles. The lowest BCUT2D eigenvalue weighted by Crippen LogP contribution is -2.37. The van der Waals surface area contributed by atoms with Crippen molar-refractivity contribution >= 4 is 19.8 Å². The van der Waals surface area contributed by atoms with Gasteiger partial charge in [0, 0.05) is 12.8 Å². The number of likely N-dealkylation sites (N-methyl/N-ethyl adjacent to an activating group) is 1. The molecule has 0 fully saturated rings. The molecule has 9 nitrogen and oxygen atoms in total. The van der Waals surface area contributed by atoms with Crippen LogP contribution in [0.15, 0.2) is 24.3 Å². The summed E-state index contributed by atoms with van der Waals surface area (Å²) < 4.78 is 34.2. The summed E-state index contributed by atoms with van der Waals surface area (Å²) in [5.74, 6) is -0.821. The van der Waals surface area contributed by atoms with Crippen molar-refractivity contribution in [3.05, 3.63) is 24.3 Å². The molecule has 0 amide bonds. The van der Waals surface area contributed by atoms with Crippen LogP contribution >= 0.6 is 7.82 Å². The van der Waals surface area contributed by atoms with Crippen molar-refractivity contribution in [1.29, 1.82) is 0 Å². The van der Waals surface area contributed by atoms with Crippen molar-refractivity contribution in [2.45, 2.75) is 309 Å². The second-order valence-electron chi connectivity index (χ2n) is 22.1. The van der Waals surface area contributed by atoms with Crippen molar-refractivity contribution in [1.82, 2.24) is 0 Å². The van der Waals surface area contributed by atoms with E-state index in [1.807, 2.05) is 21.1 Å². The number of carbonyl (C=O) groups is 2. The van der Waals surface area contributed by atoms with Crippen LogP contribution in [0.25, 0.3) is 0 Å². The molecule has 10 heteroatoms. The van der Waals surface area contributed by atoms with Crippen LogP contribution in [0.4, 0.5) is 0 Å². The predicted molar refractivity (Wildman–Crippen MR) is 301 cm³/mol. The number of unbranched alkanes of at least 4 members (excludes halogenated alkanes) is 39. The Hall–Kier alpha value is -1.51. The van der Waals surface area contributed by atoms with E-state index in [2.05, 4.69) is 38.2 Å². The summed E-state index contributed by atoms with van der Waals surface area (Å²) in [4.78, 5) is 37.9. The van der Waals surface area contributed by atoms with Crippen molar-refractivity contribution in [3.63, 3.8) is 0 Å². The van der Waals surface area contributed by atoms with Gasteiger partial charge in [-0.05, 0) is 44.9 Å². The van der Waals surface area contributed by atoms with Gasteiger partial charge in [-0.1, -0.05) is 269 Å². The number of hydrogen-bond acceptors (Lipinski definition) is 8. The molecular formula is C61H118NO8P. The van der Waals surface area contributed by atoms with Gasteiger partial charge in [-0.3, -0.25) is 14.2 Å². The number of rotatable bonds is 57. The van der Waals surface area contributed by atoms with Crippen molar-refractivity contribution in [2.24, 2.45) is 0 Å². The molecule has 2 unspecified atom stereocenters. The van der Waals surface area contributed by atoms with Crippen LogP contribution in [-0.2, 0) is 32.7 Å². The number of ether oxygens (including phenoxy) is 2. The number of hydrogen-bond donors (Lipinski definition) is 0. The first-order valence-corrected chi connectivity index (χ1v) is 32.0. The lowest BCUT2D eigenvalue weighted by molar-refractivity contribution is -0.870. The molecule has 0 aromatic rings. The van der Waals surface area contributed by atoms with E-state index < -0.39 is 26.5 Å². The molecule has 0 aliphatic heterocycles. The summed E-state index contributed by atoms with van der Waals surface area (Å²) in [7, 11) is 1.18. The van der Waals surface area contributed by atoms with Gasteiger partial charge in [-0.25, -0.2) is 0 Å². The van der Waals surface area contributed by atoms with E-state index in [1.54, 1.807) is 0 Å². The first kappa shape index (κ1) is 69.5. The highest BCUT2D eigenvalue weighted by Crippen LogP contribution is 2.38. The highest BCUT2D eigenvalue weighted by molar-refractivity contribution is 7.45. The lowest BCUT2D eigenvalue weighted by atomic mass is 10.0. The quantitative estimate of drug-likeness (QED) is 0.0195. The molecule has 0 heterocycles. The third-order valence-corrected chi connectivity index (χ3v) is 14.7. The summed E-state index contributed by atoms with van der Waals surface area (Å²) in [6, 6.07) is 0. The Morgan fingerprint density at radius 3 is 1.11 bits per heavy atom. The molecular weight excluding hydrogens is 906 g/mol. The highest BCUT2D eigenvalue weighted by atomic mass is 31.2. The number of quaternary nitrogens is 1. The van der Waals surface area contributed by atoms with Crippen LogP contribution in [-0.4, -0.2) is 70.0 Å². The van der Waals surface area contributed by atoms with E-state index in [-0.39, 0.29) is 32.0 Å². The van der Waals surface area contributed by atoms with Gasteiger partial charge in [0.2, 0.25) is 0 Å². The van der Waals surface area contributed by atoms with E-state index in [1.165, 1.54) is 218 Å². The summed E-state index contributed by atoms with van der Waals surface area (Å²) in [6.07, 6.45) is 63.7. The summed E-state index contributed by atoms with van der Waals surface area (Å²) in [5.41, 5.74) is 0. The zero-order chi connectivity index (χ0) is 52.0. The molecule has 71 heavy (non-hydrogen) atoms. The van der Waals surface area contributed by atoms with Gasteiger partial charge in [0.25, 0.3) is 7.82 Å². The Morgan fingerprint density at radius 1 is 0.437 bits per heavy atom. The maximum absolute atomic E-state index is 12.8. The monoisotopic (exact) mass is 1020 g/mol. The van der Waals surface area contributed by atoms with Crippen LogP contribution < -0.4 is 4.89 Å². The van der Waals surface area contributed by atoms with Gasteiger partial charge in [0.05, 0.1) is 27.7 Å². The van der Waals surface area contributed by atoms with Gasteiger partial charge in [-0.15, -0.1) is 0 Å². The van der Waals surface area contributed by atoms with Crippen LogP contribution in [0.3, 0.4) is 0 Å². The Balaban J connectivity index is 4.09. The van der Waals surface area contributed by atoms with Gasteiger partial charge >= 0.3 is 11.9 Å². The molecule has 0 rings (SSSR count). The zero-order valence-electron chi connectivity index (χ0n) is 47.7. The molecule has 0 aromatic heterocycles.